The topological polar surface area (TPSA) is 31.4 Å². The summed E-state index contributed by atoms with van der Waals surface area (Å²) in [5, 5.41) is 0. The lowest BCUT2D eigenvalue weighted by molar-refractivity contribution is -0.0749. The van der Waals surface area contributed by atoms with Crippen LogP contribution in [0, 0.1) is 6.92 Å². The van der Waals surface area contributed by atoms with E-state index in [0.717, 1.165) is 23.6 Å². The van der Waals surface area contributed by atoms with Gasteiger partial charge in [-0.15, -0.1) is 11.6 Å². The highest BCUT2D eigenvalue weighted by Gasteiger charge is 2.40. The van der Waals surface area contributed by atoms with Gasteiger partial charge in [-0.1, -0.05) is 19.3 Å². The van der Waals surface area contributed by atoms with Crippen LogP contribution in [0.15, 0.2) is 12.1 Å². The van der Waals surface area contributed by atoms with Gasteiger partial charge in [-0.25, -0.2) is 0 Å². The summed E-state index contributed by atoms with van der Waals surface area (Å²) in [5.74, 6) is 1.18. The third-order valence-electron chi connectivity index (χ3n) is 4.73. The molecule has 0 radical (unpaired) electrons. The van der Waals surface area contributed by atoms with Crippen LogP contribution in [-0.2, 0) is 10.6 Å². The largest absolute Gasteiger partial charge is 0.489 e. The van der Waals surface area contributed by atoms with Crippen LogP contribution in [-0.4, -0.2) is 23.3 Å². The maximum Gasteiger partial charge on any atom is 0.142 e. The molecule has 0 aromatic carbocycles. The lowest BCUT2D eigenvalue weighted by atomic mass is 9.83. The Labute approximate surface area is 132 Å². The lowest BCUT2D eigenvalue weighted by Crippen LogP contribution is -2.33. The van der Waals surface area contributed by atoms with Crippen molar-refractivity contribution < 1.29 is 9.47 Å². The molecule has 21 heavy (non-hydrogen) atoms. The molecule has 116 valence electrons. The molecule has 1 spiro atoms. The molecular formula is C17H24ClNO2. The first kappa shape index (κ1) is 15.1. The molecule has 3 rings (SSSR count). The van der Waals surface area contributed by atoms with Crippen LogP contribution in [0.5, 0.6) is 5.75 Å². The molecule has 0 N–H and O–H groups in total. The standard InChI is InChI=1S/C17H24ClNO2/c1-13-5-6-16(15(11-18)19-13)20-12-14-7-10-17(21-14)8-3-2-4-9-17/h5-6,14H,2-4,7-12H2,1H3. The van der Waals surface area contributed by atoms with Crippen molar-refractivity contribution in [3.63, 3.8) is 0 Å². The van der Waals surface area contributed by atoms with Crippen molar-refractivity contribution in [3.8, 4) is 5.75 Å². The highest BCUT2D eigenvalue weighted by atomic mass is 35.5. The number of aromatic nitrogens is 1. The van der Waals surface area contributed by atoms with Crippen LogP contribution < -0.4 is 4.74 Å². The first-order valence-electron chi connectivity index (χ1n) is 8.04. The van der Waals surface area contributed by atoms with E-state index >= 15 is 0 Å². The van der Waals surface area contributed by atoms with Crippen molar-refractivity contribution in [3.05, 3.63) is 23.5 Å². The third kappa shape index (κ3) is 3.51. The number of alkyl halides is 1. The van der Waals surface area contributed by atoms with E-state index in [4.69, 9.17) is 21.1 Å². The smallest absolute Gasteiger partial charge is 0.142 e. The predicted octanol–water partition coefficient (Wildman–Crippen LogP) is 4.39. The molecule has 3 nitrogen and oxygen atoms in total. The number of hydrogen-bond donors (Lipinski definition) is 0. The SMILES string of the molecule is Cc1ccc(OCC2CCC3(CCCCC3)O2)c(CCl)n1. The summed E-state index contributed by atoms with van der Waals surface area (Å²) in [5.41, 5.74) is 1.95. The Bertz CT molecular complexity index is 486. The minimum atomic E-state index is 0.160. The summed E-state index contributed by atoms with van der Waals surface area (Å²) in [4.78, 5) is 4.42. The van der Waals surface area contributed by atoms with Gasteiger partial charge < -0.3 is 9.47 Å². The molecule has 1 saturated carbocycles. The van der Waals surface area contributed by atoms with Gasteiger partial charge in [0.25, 0.3) is 0 Å². The third-order valence-corrected chi connectivity index (χ3v) is 4.98. The molecule has 4 heteroatoms. The van der Waals surface area contributed by atoms with Gasteiger partial charge in [-0.2, -0.15) is 0 Å². The van der Waals surface area contributed by atoms with E-state index in [0.29, 0.717) is 12.5 Å². The fourth-order valence-electron chi connectivity index (χ4n) is 3.58. The van der Waals surface area contributed by atoms with Crippen LogP contribution in [0.2, 0.25) is 0 Å². The van der Waals surface area contributed by atoms with Gasteiger partial charge in [0.2, 0.25) is 0 Å². The number of ether oxygens (including phenoxy) is 2. The second-order valence-corrected chi connectivity index (χ2v) is 6.63. The second-order valence-electron chi connectivity index (χ2n) is 6.36. The normalized spacial score (nSPS) is 24.4. The van der Waals surface area contributed by atoms with E-state index in [1.54, 1.807) is 0 Å². The average molecular weight is 310 g/mol. The first-order chi connectivity index (χ1) is 10.2. The molecular weight excluding hydrogens is 286 g/mol. The first-order valence-corrected chi connectivity index (χ1v) is 8.57. The highest BCUT2D eigenvalue weighted by molar-refractivity contribution is 6.17. The van der Waals surface area contributed by atoms with Gasteiger partial charge in [-0.05, 0) is 44.7 Å². The van der Waals surface area contributed by atoms with Crippen molar-refractivity contribution in [1.82, 2.24) is 4.98 Å². The Kier molecular flexibility index (Phi) is 4.70. The monoisotopic (exact) mass is 309 g/mol. The van der Waals surface area contributed by atoms with Crippen LogP contribution >= 0.6 is 11.6 Å². The molecule has 1 aromatic rings. The maximum atomic E-state index is 6.33. The van der Waals surface area contributed by atoms with E-state index in [1.165, 1.54) is 38.5 Å². The zero-order valence-corrected chi connectivity index (χ0v) is 13.5. The van der Waals surface area contributed by atoms with Crippen LogP contribution in [0.3, 0.4) is 0 Å². The van der Waals surface area contributed by atoms with Crippen LogP contribution in [0.1, 0.15) is 56.3 Å². The zero-order valence-electron chi connectivity index (χ0n) is 12.7. The molecule has 0 bridgehead atoms. The summed E-state index contributed by atoms with van der Waals surface area (Å²) in [6, 6.07) is 3.93. The summed E-state index contributed by atoms with van der Waals surface area (Å²) < 4.78 is 12.3. The Hall–Kier alpha value is -0.800. The number of rotatable bonds is 4. The van der Waals surface area contributed by atoms with Crippen molar-refractivity contribution >= 4 is 11.6 Å². The Morgan fingerprint density at radius 3 is 2.86 bits per heavy atom. The minimum absolute atomic E-state index is 0.160. The molecule has 2 fully saturated rings. The lowest BCUT2D eigenvalue weighted by Gasteiger charge is -2.33. The highest BCUT2D eigenvalue weighted by Crippen LogP contribution is 2.42. The van der Waals surface area contributed by atoms with Gasteiger partial charge in [0.15, 0.2) is 0 Å². The second kappa shape index (κ2) is 6.53. The van der Waals surface area contributed by atoms with Crippen LogP contribution in [0.4, 0.5) is 0 Å². The molecule has 2 heterocycles. The zero-order chi connectivity index (χ0) is 14.7. The molecule has 1 saturated heterocycles. The van der Waals surface area contributed by atoms with Gasteiger partial charge in [0.1, 0.15) is 12.4 Å². The summed E-state index contributed by atoms with van der Waals surface area (Å²) in [6.45, 7) is 2.57. The number of aryl methyl sites for hydroxylation is 1. The molecule has 1 atom stereocenters. The maximum absolute atomic E-state index is 6.33. The Balaban J connectivity index is 1.56. The number of nitrogens with zero attached hydrogens (tertiary/aromatic N) is 1. The summed E-state index contributed by atoms with van der Waals surface area (Å²) in [7, 11) is 0. The van der Waals surface area contributed by atoms with Crippen LogP contribution in [0.25, 0.3) is 0 Å². The van der Waals surface area contributed by atoms with E-state index in [9.17, 15) is 0 Å². The fourth-order valence-corrected chi connectivity index (χ4v) is 3.78. The van der Waals surface area contributed by atoms with E-state index < -0.39 is 0 Å². The van der Waals surface area contributed by atoms with Crippen molar-refractivity contribution in [2.75, 3.05) is 6.61 Å². The Morgan fingerprint density at radius 2 is 2.10 bits per heavy atom. The molecule has 1 aromatic heterocycles. The molecule has 1 aliphatic carbocycles. The molecule has 1 unspecified atom stereocenters. The van der Waals surface area contributed by atoms with E-state index in [2.05, 4.69) is 4.98 Å². The number of halogens is 1. The molecule has 2 aliphatic rings. The molecule has 0 amide bonds. The number of hydrogen-bond acceptors (Lipinski definition) is 3. The van der Waals surface area contributed by atoms with Crippen molar-refractivity contribution in [1.29, 1.82) is 0 Å². The fraction of sp³-hybridized carbons (Fsp3) is 0.706. The van der Waals surface area contributed by atoms with E-state index in [1.807, 2.05) is 19.1 Å². The average Bonchev–Trinajstić information content (AvgIpc) is 2.89. The minimum Gasteiger partial charge on any atom is -0.489 e. The number of pyridine rings is 1. The summed E-state index contributed by atoms with van der Waals surface area (Å²) >= 11 is 5.94. The molecule has 1 aliphatic heterocycles. The van der Waals surface area contributed by atoms with Gasteiger partial charge in [0, 0.05) is 5.69 Å². The van der Waals surface area contributed by atoms with Gasteiger partial charge in [0.05, 0.1) is 23.3 Å². The summed E-state index contributed by atoms with van der Waals surface area (Å²) in [6.07, 6.45) is 8.95. The Morgan fingerprint density at radius 1 is 1.29 bits per heavy atom. The predicted molar refractivity (Wildman–Crippen MR) is 83.9 cm³/mol. The van der Waals surface area contributed by atoms with Gasteiger partial charge in [-0.3, -0.25) is 4.98 Å². The van der Waals surface area contributed by atoms with Gasteiger partial charge >= 0.3 is 0 Å². The van der Waals surface area contributed by atoms with Crippen molar-refractivity contribution in [2.45, 2.75) is 69.5 Å². The van der Waals surface area contributed by atoms with E-state index in [-0.39, 0.29) is 11.7 Å². The quantitative estimate of drug-likeness (QED) is 0.773. The van der Waals surface area contributed by atoms with Crippen molar-refractivity contribution in [2.24, 2.45) is 0 Å².